The van der Waals surface area contributed by atoms with Crippen molar-refractivity contribution < 1.29 is 0 Å². The lowest BCUT2D eigenvalue weighted by Crippen LogP contribution is -2.27. The molecular weight excluding hydrogens is 256 g/mol. The van der Waals surface area contributed by atoms with Gasteiger partial charge in [0.15, 0.2) is 0 Å². The molecule has 2 heteroatoms. The smallest absolute Gasteiger partial charge is 0.0456 e. The van der Waals surface area contributed by atoms with Gasteiger partial charge in [-0.1, -0.05) is 50.2 Å². The Labute approximate surface area is 127 Å². The molecule has 1 aliphatic heterocycles. The van der Waals surface area contributed by atoms with E-state index < -0.39 is 0 Å². The van der Waals surface area contributed by atoms with E-state index >= 15 is 0 Å². The quantitative estimate of drug-likeness (QED) is 0.899. The molecule has 1 heterocycles. The summed E-state index contributed by atoms with van der Waals surface area (Å²) in [6, 6.07) is 18.1. The minimum Gasteiger partial charge on any atom is -0.341 e. The number of hydrogen-bond acceptors (Lipinski definition) is 2. The second kappa shape index (κ2) is 6.31. The summed E-state index contributed by atoms with van der Waals surface area (Å²) in [5.74, 6) is 0. The molecule has 0 unspecified atom stereocenters. The van der Waals surface area contributed by atoms with Gasteiger partial charge < -0.3 is 10.2 Å². The van der Waals surface area contributed by atoms with E-state index in [0.29, 0.717) is 6.04 Å². The average Bonchev–Trinajstić information content (AvgIpc) is 2.53. The van der Waals surface area contributed by atoms with Gasteiger partial charge in [0.1, 0.15) is 0 Å². The summed E-state index contributed by atoms with van der Waals surface area (Å²) < 4.78 is 0. The van der Waals surface area contributed by atoms with E-state index in [1.807, 2.05) is 0 Å². The van der Waals surface area contributed by atoms with Crippen LogP contribution in [0.1, 0.15) is 31.4 Å². The maximum Gasteiger partial charge on any atom is 0.0456 e. The summed E-state index contributed by atoms with van der Waals surface area (Å²) in [5.41, 5.74) is 5.57. The normalized spacial score (nSPS) is 14.3. The van der Waals surface area contributed by atoms with Crippen LogP contribution in [0.4, 0.5) is 11.4 Å². The van der Waals surface area contributed by atoms with Gasteiger partial charge in [-0.3, -0.25) is 0 Å². The Balaban J connectivity index is 1.94. The first-order valence-electron chi connectivity index (χ1n) is 7.92. The van der Waals surface area contributed by atoms with Gasteiger partial charge in [-0.15, -0.1) is 0 Å². The maximum atomic E-state index is 3.54. The SMILES string of the molecule is CC(C)NCc1ccccc1N1CCCc2ccccc21. The number of para-hydroxylation sites is 2. The van der Waals surface area contributed by atoms with E-state index in [2.05, 4.69) is 72.6 Å². The van der Waals surface area contributed by atoms with Crippen LogP contribution in [0, 0.1) is 0 Å². The summed E-state index contributed by atoms with van der Waals surface area (Å²) in [5, 5.41) is 3.54. The van der Waals surface area contributed by atoms with Gasteiger partial charge in [0.25, 0.3) is 0 Å². The van der Waals surface area contributed by atoms with Crippen molar-refractivity contribution in [3.63, 3.8) is 0 Å². The predicted octanol–water partition coefficient (Wildman–Crippen LogP) is 4.27. The van der Waals surface area contributed by atoms with Gasteiger partial charge in [-0.05, 0) is 36.1 Å². The molecule has 2 aromatic carbocycles. The fraction of sp³-hybridized carbons (Fsp3) is 0.368. The number of anilines is 2. The summed E-state index contributed by atoms with van der Waals surface area (Å²) in [6.45, 7) is 6.42. The Morgan fingerprint density at radius 3 is 2.52 bits per heavy atom. The molecule has 2 nitrogen and oxygen atoms in total. The van der Waals surface area contributed by atoms with Crippen LogP contribution in [0.15, 0.2) is 48.5 Å². The second-order valence-corrected chi connectivity index (χ2v) is 6.05. The number of nitrogens with zero attached hydrogens (tertiary/aromatic N) is 1. The van der Waals surface area contributed by atoms with Crippen LogP contribution in [-0.2, 0) is 13.0 Å². The number of fused-ring (bicyclic) bond motifs is 1. The Morgan fingerprint density at radius 1 is 1.00 bits per heavy atom. The lowest BCUT2D eigenvalue weighted by molar-refractivity contribution is 0.588. The highest BCUT2D eigenvalue weighted by atomic mass is 15.1. The highest BCUT2D eigenvalue weighted by Crippen LogP contribution is 2.35. The molecule has 0 aromatic heterocycles. The van der Waals surface area contributed by atoms with Gasteiger partial charge in [-0.2, -0.15) is 0 Å². The Hall–Kier alpha value is -1.80. The van der Waals surface area contributed by atoms with E-state index in [9.17, 15) is 0 Å². The van der Waals surface area contributed by atoms with Crippen LogP contribution in [0.2, 0.25) is 0 Å². The molecule has 1 aliphatic rings. The topological polar surface area (TPSA) is 15.3 Å². The van der Waals surface area contributed by atoms with E-state index in [4.69, 9.17) is 0 Å². The third kappa shape index (κ3) is 3.11. The van der Waals surface area contributed by atoms with E-state index in [0.717, 1.165) is 13.1 Å². The largest absolute Gasteiger partial charge is 0.341 e. The number of hydrogen-bond donors (Lipinski definition) is 1. The van der Waals surface area contributed by atoms with Gasteiger partial charge in [0.2, 0.25) is 0 Å². The van der Waals surface area contributed by atoms with Crippen LogP contribution in [0.25, 0.3) is 0 Å². The van der Waals surface area contributed by atoms with Gasteiger partial charge >= 0.3 is 0 Å². The third-order valence-corrected chi connectivity index (χ3v) is 4.09. The molecule has 3 rings (SSSR count). The van der Waals surface area contributed by atoms with Crippen molar-refractivity contribution in [2.75, 3.05) is 11.4 Å². The van der Waals surface area contributed by atoms with Crippen LogP contribution >= 0.6 is 0 Å². The fourth-order valence-electron chi connectivity index (χ4n) is 3.02. The van der Waals surface area contributed by atoms with E-state index in [1.165, 1.54) is 35.3 Å². The number of aryl methyl sites for hydroxylation is 1. The molecule has 0 amide bonds. The Morgan fingerprint density at radius 2 is 1.71 bits per heavy atom. The molecule has 0 radical (unpaired) electrons. The first-order valence-corrected chi connectivity index (χ1v) is 7.92. The van der Waals surface area contributed by atoms with Crippen LogP contribution in [-0.4, -0.2) is 12.6 Å². The van der Waals surface area contributed by atoms with Crippen molar-refractivity contribution in [1.82, 2.24) is 5.32 Å². The fourth-order valence-corrected chi connectivity index (χ4v) is 3.02. The van der Waals surface area contributed by atoms with Gasteiger partial charge in [0, 0.05) is 30.5 Å². The average molecular weight is 280 g/mol. The lowest BCUT2D eigenvalue weighted by atomic mass is 10.00. The van der Waals surface area contributed by atoms with Gasteiger partial charge in [-0.25, -0.2) is 0 Å². The molecule has 110 valence electrons. The summed E-state index contributed by atoms with van der Waals surface area (Å²) in [7, 11) is 0. The molecule has 2 aromatic rings. The number of benzene rings is 2. The summed E-state index contributed by atoms with van der Waals surface area (Å²) in [6.07, 6.45) is 2.42. The summed E-state index contributed by atoms with van der Waals surface area (Å²) >= 11 is 0. The van der Waals surface area contributed by atoms with Crippen molar-refractivity contribution >= 4 is 11.4 Å². The van der Waals surface area contributed by atoms with E-state index in [1.54, 1.807) is 0 Å². The molecule has 1 N–H and O–H groups in total. The molecule has 0 fully saturated rings. The third-order valence-electron chi connectivity index (χ3n) is 4.09. The van der Waals surface area contributed by atoms with E-state index in [-0.39, 0.29) is 0 Å². The lowest BCUT2D eigenvalue weighted by Gasteiger charge is -2.33. The second-order valence-electron chi connectivity index (χ2n) is 6.05. The highest BCUT2D eigenvalue weighted by molar-refractivity contribution is 5.70. The Kier molecular flexibility index (Phi) is 4.26. The standard InChI is InChI=1S/C19H24N2/c1-15(2)20-14-17-9-4-6-12-19(17)21-13-7-10-16-8-3-5-11-18(16)21/h3-6,8-9,11-12,15,20H,7,10,13-14H2,1-2H3. The first-order chi connectivity index (χ1) is 10.3. The zero-order valence-corrected chi connectivity index (χ0v) is 13.0. The van der Waals surface area contributed by atoms with Crippen LogP contribution in [0.3, 0.4) is 0 Å². The van der Waals surface area contributed by atoms with Crippen molar-refractivity contribution in [2.24, 2.45) is 0 Å². The molecule has 0 atom stereocenters. The predicted molar refractivity (Wildman–Crippen MR) is 90.2 cm³/mol. The molecule has 0 spiro atoms. The molecule has 0 bridgehead atoms. The molecule has 0 saturated carbocycles. The maximum absolute atomic E-state index is 3.54. The molecule has 21 heavy (non-hydrogen) atoms. The minimum atomic E-state index is 0.506. The first kappa shape index (κ1) is 14.2. The van der Waals surface area contributed by atoms with Gasteiger partial charge in [0.05, 0.1) is 0 Å². The zero-order valence-electron chi connectivity index (χ0n) is 13.0. The summed E-state index contributed by atoms with van der Waals surface area (Å²) in [4.78, 5) is 2.48. The number of rotatable bonds is 4. The van der Waals surface area contributed by atoms with Crippen molar-refractivity contribution in [3.8, 4) is 0 Å². The van der Waals surface area contributed by atoms with Crippen LogP contribution in [0.5, 0.6) is 0 Å². The zero-order chi connectivity index (χ0) is 14.7. The Bertz CT molecular complexity index is 604. The van der Waals surface area contributed by atoms with Crippen LogP contribution < -0.4 is 10.2 Å². The van der Waals surface area contributed by atoms with Crippen molar-refractivity contribution in [1.29, 1.82) is 0 Å². The highest BCUT2D eigenvalue weighted by Gasteiger charge is 2.19. The molecule has 0 aliphatic carbocycles. The van der Waals surface area contributed by atoms with Crippen molar-refractivity contribution in [2.45, 2.75) is 39.3 Å². The number of nitrogens with one attached hydrogen (secondary N) is 1. The monoisotopic (exact) mass is 280 g/mol. The molecular formula is C19H24N2. The molecule has 0 saturated heterocycles. The van der Waals surface area contributed by atoms with Crippen molar-refractivity contribution in [3.05, 3.63) is 59.7 Å². The minimum absolute atomic E-state index is 0.506.